The lowest BCUT2D eigenvalue weighted by Gasteiger charge is -2.09. The lowest BCUT2D eigenvalue weighted by Crippen LogP contribution is -2.12. The van der Waals surface area contributed by atoms with Gasteiger partial charge in [0.25, 0.3) is 0 Å². The van der Waals surface area contributed by atoms with Crippen LogP contribution in [0.2, 0.25) is 0 Å². The molecule has 2 aromatic rings. The van der Waals surface area contributed by atoms with Gasteiger partial charge in [0.15, 0.2) is 0 Å². The van der Waals surface area contributed by atoms with Gasteiger partial charge in [-0.2, -0.15) is 0 Å². The predicted octanol–water partition coefficient (Wildman–Crippen LogP) is 1.44. The van der Waals surface area contributed by atoms with Gasteiger partial charge in [0.1, 0.15) is 23.5 Å². The van der Waals surface area contributed by atoms with Crippen LogP contribution in [-0.2, 0) is 13.0 Å². The molecule has 0 saturated heterocycles. The Morgan fingerprint density at radius 3 is 3.05 bits per heavy atom. The highest BCUT2D eigenvalue weighted by atomic mass is 16.4. The fourth-order valence-corrected chi connectivity index (χ4v) is 1.94. The van der Waals surface area contributed by atoms with E-state index in [-0.39, 0.29) is 5.56 Å². The average Bonchev–Trinajstić information content (AvgIpc) is 2.91. The molecule has 0 saturated carbocycles. The number of hydrogen-bond donors (Lipinski definition) is 2. The van der Waals surface area contributed by atoms with E-state index in [9.17, 15) is 4.79 Å². The summed E-state index contributed by atoms with van der Waals surface area (Å²) in [5.74, 6) is 0.378. The van der Waals surface area contributed by atoms with Crippen LogP contribution in [0, 0.1) is 0 Å². The molecule has 2 rings (SSSR count). The van der Waals surface area contributed by atoms with E-state index in [1.54, 1.807) is 6.20 Å². The van der Waals surface area contributed by atoms with E-state index in [0.29, 0.717) is 12.4 Å². The smallest absolute Gasteiger partial charge is 0.341 e. The van der Waals surface area contributed by atoms with E-state index >= 15 is 0 Å². The van der Waals surface area contributed by atoms with Crippen molar-refractivity contribution in [1.82, 2.24) is 19.5 Å². The minimum Gasteiger partial charge on any atom is -0.477 e. The van der Waals surface area contributed by atoms with Gasteiger partial charge in [-0.05, 0) is 6.42 Å². The molecule has 2 aromatic heterocycles. The molecule has 0 amide bonds. The summed E-state index contributed by atoms with van der Waals surface area (Å²) in [6.07, 6.45) is 8.12. The quantitative estimate of drug-likeness (QED) is 0.743. The van der Waals surface area contributed by atoms with Gasteiger partial charge in [-0.1, -0.05) is 6.92 Å². The molecule has 0 atom stereocenters. The van der Waals surface area contributed by atoms with Crippen LogP contribution in [0.25, 0.3) is 0 Å². The van der Waals surface area contributed by atoms with E-state index in [4.69, 9.17) is 5.11 Å². The SMILES string of the molecule is CCc1nccn1CCCNc1ncncc1C(=O)O. The van der Waals surface area contributed by atoms with Gasteiger partial charge < -0.3 is 15.0 Å². The largest absolute Gasteiger partial charge is 0.477 e. The second-order valence-corrected chi connectivity index (χ2v) is 4.26. The molecule has 0 fully saturated rings. The Balaban J connectivity index is 1.86. The zero-order valence-corrected chi connectivity index (χ0v) is 11.3. The molecule has 0 aliphatic heterocycles. The first-order valence-corrected chi connectivity index (χ1v) is 6.49. The van der Waals surface area contributed by atoms with Gasteiger partial charge in [0.05, 0.1) is 0 Å². The first-order chi connectivity index (χ1) is 9.72. The molecule has 0 aliphatic carbocycles. The monoisotopic (exact) mass is 275 g/mol. The van der Waals surface area contributed by atoms with Crippen molar-refractivity contribution in [3.05, 3.63) is 36.3 Å². The van der Waals surface area contributed by atoms with Crippen LogP contribution >= 0.6 is 0 Å². The minimum atomic E-state index is -1.03. The number of anilines is 1. The normalized spacial score (nSPS) is 10.4. The van der Waals surface area contributed by atoms with Crippen molar-refractivity contribution in [1.29, 1.82) is 0 Å². The molecule has 0 unspecified atom stereocenters. The second-order valence-electron chi connectivity index (χ2n) is 4.26. The molecule has 7 nitrogen and oxygen atoms in total. The van der Waals surface area contributed by atoms with Crippen LogP contribution in [0.5, 0.6) is 0 Å². The molecule has 0 radical (unpaired) electrons. The number of nitrogens with one attached hydrogen (secondary N) is 1. The first kappa shape index (κ1) is 14.0. The molecule has 2 N–H and O–H groups in total. The lowest BCUT2D eigenvalue weighted by atomic mass is 10.3. The molecule has 0 aromatic carbocycles. The lowest BCUT2D eigenvalue weighted by molar-refractivity contribution is 0.0697. The number of nitrogens with zero attached hydrogens (tertiary/aromatic N) is 4. The van der Waals surface area contributed by atoms with Gasteiger partial charge >= 0.3 is 5.97 Å². The Hall–Kier alpha value is -2.44. The molecule has 106 valence electrons. The highest BCUT2D eigenvalue weighted by Crippen LogP contribution is 2.09. The van der Waals surface area contributed by atoms with Crippen LogP contribution in [-0.4, -0.2) is 37.1 Å². The second kappa shape index (κ2) is 6.65. The van der Waals surface area contributed by atoms with E-state index < -0.39 is 5.97 Å². The highest BCUT2D eigenvalue weighted by molar-refractivity contribution is 5.92. The van der Waals surface area contributed by atoms with E-state index in [2.05, 4.69) is 31.8 Å². The topological polar surface area (TPSA) is 92.9 Å². The van der Waals surface area contributed by atoms with Crippen LogP contribution in [0.15, 0.2) is 24.9 Å². The van der Waals surface area contributed by atoms with Crippen LogP contribution in [0.1, 0.15) is 29.5 Å². The van der Waals surface area contributed by atoms with Crippen LogP contribution < -0.4 is 5.32 Å². The van der Waals surface area contributed by atoms with Crippen molar-refractivity contribution in [2.45, 2.75) is 26.3 Å². The Kier molecular flexibility index (Phi) is 4.65. The van der Waals surface area contributed by atoms with Gasteiger partial charge in [0.2, 0.25) is 0 Å². The molecule has 0 aliphatic rings. The number of carbonyl (C=O) groups is 1. The molecule has 0 spiro atoms. The van der Waals surface area contributed by atoms with Gasteiger partial charge in [-0.25, -0.2) is 19.7 Å². The average molecular weight is 275 g/mol. The summed E-state index contributed by atoms with van der Waals surface area (Å²) in [5, 5.41) is 12.0. The third-order valence-electron chi connectivity index (χ3n) is 2.93. The third kappa shape index (κ3) is 3.31. The maximum absolute atomic E-state index is 11.0. The Labute approximate surface area is 116 Å². The number of aryl methyl sites for hydroxylation is 2. The number of aromatic carboxylic acids is 1. The number of carboxylic acid groups (broad SMARTS) is 1. The van der Waals surface area contributed by atoms with E-state index in [1.807, 2.05) is 6.20 Å². The highest BCUT2D eigenvalue weighted by Gasteiger charge is 2.10. The molecule has 2 heterocycles. The summed E-state index contributed by atoms with van der Waals surface area (Å²) in [5.41, 5.74) is 0.0874. The van der Waals surface area contributed by atoms with E-state index in [0.717, 1.165) is 25.2 Å². The summed E-state index contributed by atoms with van der Waals surface area (Å²) in [7, 11) is 0. The Bertz CT molecular complexity index is 582. The number of imidazole rings is 1. The van der Waals surface area contributed by atoms with Gasteiger partial charge in [-0.15, -0.1) is 0 Å². The summed E-state index contributed by atoms with van der Waals surface area (Å²) in [6.45, 7) is 3.54. The van der Waals surface area contributed by atoms with Crippen LogP contribution in [0.4, 0.5) is 5.82 Å². The third-order valence-corrected chi connectivity index (χ3v) is 2.93. The zero-order chi connectivity index (χ0) is 14.4. The number of rotatable bonds is 7. The Morgan fingerprint density at radius 2 is 2.30 bits per heavy atom. The van der Waals surface area contributed by atoms with Crippen molar-refractivity contribution < 1.29 is 9.90 Å². The minimum absolute atomic E-state index is 0.0874. The fourth-order valence-electron chi connectivity index (χ4n) is 1.94. The molecular formula is C13H17N5O2. The molecule has 0 bridgehead atoms. The molecule has 7 heteroatoms. The molecule has 20 heavy (non-hydrogen) atoms. The van der Waals surface area contributed by atoms with Gasteiger partial charge in [-0.3, -0.25) is 0 Å². The van der Waals surface area contributed by atoms with Gasteiger partial charge in [0, 0.05) is 38.1 Å². The van der Waals surface area contributed by atoms with E-state index in [1.165, 1.54) is 12.5 Å². The van der Waals surface area contributed by atoms with Crippen molar-refractivity contribution in [2.75, 3.05) is 11.9 Å². The number of aromatic nitrogens is 4. The fraction of sp³-hybridized carbons (Fsp3) is 0.385. The molecular weight excluding hydrogens is 258 g/mol. The predicted molar refractivity (Wildman–Crippen MR) is 73.7 cm³/mol. The summed E-state index contributed by atoms with van der Waals surface area (Å²) >= 11 is 0. The Morgan fingerprint density at radius 1 is 1.45 bits per heavy atom. The summed E-state index contributed by atoms with van der Waals surface area (Å²) < 4.78 is 2.10. The van der Waals surface area contributed by atoms with Crippen molar-refractivity contribution in [2.24, 2.45) is 0 Å². The zero-order valence-electron chi connectivity index (χ0n) is 11.3. The maximum Gasteiger partial charge on any atom is 0.341 e. The summed E-state index contributed by atoms with van der Waals surface area (Å²) in [4.78, 5) is 22.9. The number of carboxylic acids is 1. The number of hydrogen-bond acceptors (Lipinski definition) is 5. The standard InChI is InChI=1S/C13H17N5O2/c1-2-11-15-5-7-18(11)6-3-4-16-12-10(13(19)20)8-14-9-17-12/h5,7-9H,2-4,6H2,1H3,(H,19,20)(H,14,16,17). The van der Waals surface area contributed by atoms with Crippen molar-refractivity contribution in [3.63, 3.8) is 0 Å². The maximum atomic E-state index is 11.0. The van der Waals surface area contributed by atoms with Crippen molar-refractivity contribution >= 4 is 11.8 Å². The van der Waals surface area contributed by atoms with Crippen molar-refractivity contribution in [3.8, 4) is 0 Å². The first-order valence-electron chi connectivity index (χ1n) is 6.49. The van der Waals surface area contributed by atoms with Crippen LogP contribution in [0.3, 0.4) is 0 Å². The summed E-state index contributed by atoms with van der Waals surface area (Å²) in [6, 6.07) is 0.